The number of hydrogen-bond acceptors (Lipinski definition) is 3. The normalized spacial score (nSPS) is 20.5. The molecule has 98 valence electrons. The molecule has 0 aromatic rings. The maximum Gasteiger partial charge on any atom is 0.223 e. The Morgan fingerprint density at radius 2 is 2.24 bits per heavy atom. The minimum Gasteiger partial charge on any atom is -0.393 e. The highest BCUT2D eigenvalue weighted by Crippen LogP contribution is 2.14. The van der Waals surface area contributed by atoms with E-state index in [2.05, 4.69) is 11.8 Å². The smallest absolute Gasteiger partial charge is 0.223 e. The van der Waals surface area contributed by atoms with Crippen LogP contribution in [0.15, 0.2) is 0 Å². The Labute approximate surface area is 109 Å². The summed E-state index contributed by atoms with van der Waals surface area (Å²) in [5.74, 6) is 0.957. The number of carbonyl (C=O) groups excluding carboxylic acids is 1. The summed E-state index contributed by atoms with van der Waals surface area (Å²) in [5, 5.41) is 0. The first kappa shape index (κ1) is 14.4. The molecule has 1 saturated heterocycles. The first-order valence-corrected chi connectivity index (χ1v) is 6.64. The molecule has 2 N–H and O–H groups in total. The third-order valence-electron chi connectivity index (χ3n) is 3.27. The summed E-state index contributed by atoms with van der Waals surface area (Å²) in [7, 11) is 1.81. The zero-order valence-electron chi connectivity index (χ0n) is 10.8. The molecule has 4 nitrogen and oxygen atoms in total. The SMILES string of the molecule is CC1CCN(CCC(=O)N(C)CCC(N)=S)C1. The summed E-state index contributed by atoms with van der Waals surface area (Å²) in [5.41, 5.74) is 5.41. The molecule has 0 bridgehead atoms. The number of likely N-dealkylation sites (tertiary alicyclic amines) is 1. The van der Waals surface area contributed by atoms with E-state index in [1.807, 2.05) is 7.05 Å². The van der Waals surface area contributed by atoms with Crippen molar-refractivity contribution >= 4 is 23.1 Å². The first-order valence-electron chi connectivity index (χ1n) is 6.23. The van der Waals surface area contributed by atoms with Crippen LogP contribution in [0.5, 0.6) is 0 Å². The molecular formula is C12H23N3OS. The van der Waals surface area contributed by atoms with Gasteiger partial charge in [-0.25, -0.2) is 0 Å². The van der Waals surface area contributed by atoms with Gasteiger partial charge in [-0.15, -0.1) is 0 Å². The summed E-state index contributed by atoms with van der Waals surface area (Å²) in [6.45, 7) is 6.02. The molecule has 5 heteroatoms. The lowest BCUT2D eigenvalue weighted by Crippen LogP contribution is -2.33. The molecule has 1 aliphatic rings. The van der Waals surface area contributed by atoms with Crippen LogP contribution in [0.2, 0.25) is 0 Å². The van der Waals surface area contributed by atoms with E-state index in [4.69, 9.17) is 18.0 Å². The van der Waals surface area contributed by atoms with Crippen LogP contribution < -0.4 is 5.73 Å². The van der Waals surface area contributed by atoms with Crippen LogP contribution in [0.3, 0.4) is 0 Å². The number of nitrogens with two attached hydrogens (primary N) is 1. The minimum absolute atomic E-state index is 0.181. The van der Waals surface area contributed by atoms with Gasteiger partial charge in [0.2, 0.25) is 5.91 Å². The Kier molecular flexibility index (Phi) is 5.85. The van der Waals surface area contributed by atoms with E-state index in [1.54, 1.807) is 4.90 Å². The Bertz CT molecular complexity index is 283. The van der Waals surface area contributed by atoms with Crippen molar-refractivity contribution in [2.75, 3.05) is 33.2 Å². The molecule has 1 atom stereocenters. The molecule has 0 saturated carbocycles. The molecule has 1 aliphatic heterocycles. The molecular weight excluding hydrogens is 234 g/mol. The molecule has 0 aromatic carbocycles. The zero-order valence-corrected chi connectivity index (χ0v) is 11.6. The van der Waals surface area contributed by atoms with Crippen LogP contribution >= 0.6 is 12.2 Å². The van der Waals surface area contributed by atoms with Crippen LogP contribution in [0.1, 0.15) is 26.2 Å². The molecule has 1 unspecified atom stereocenters. The molecule has 17 heavy (non-hydrogen) atoms. The van der Waals surface area contributed by atoms with Crippen molar-refractivity contribution in [3.05, 3.63) is 0 Å². The number of hydrogen-bond donors (Lipinski definition) is 1. The Morgan fingerprint density at radius 1 is 1.53 bits per heavy atom. The van der Waals surface area contributed by atoms with Crippen LogP contribution in [0, 0.1) is 5.92 Å². The van der Waals surface area contributed by atoms with Crippen molar-refractivity contribution in [3.63, 3.8) is 0 Å². The van der Waals surface area contributed by atoms with E-state index in [-0.39, 0.29) is 5.91 Å². The number of rotatable bonds is 6. The molecule has 0 spiro atoms. The fourth-order valence-electron chi connectivity index (χ4n) is 2.08. The highest BCUT2D eigenvalue weighted by molar-refractivity contribution is 7.80. The highest BCUT2D eigenvalue weighted by Gasteiger charge is 2.19. The molecule has 0 aliphatic carbocycles. The van der Waals surface area contributed by atoms with Gasteiger partial charge in [-0.05, 0) is 18.9 Å². The number of thiocarbonyl (C=S) groups is 1. The lowest BCUT2D eigenvalue weighted by Gasteiger charge is -2.19. The lowest BCUT2D eigenvalue weighted by molar-refractivity contribution is -0.130. The van der Waals surface area contributed by atoms with Gasteiger partial charge in [0.1, 0.15) is 0 Å². The summed E-state index contributed by atoms with van der Waals surface area (Å²) in [4.78, 5) is 16.4. The standard InChI is InChI=1S/C12H23N3OS/c1-10-3-7-15(9-10)8-5-12(16)14(2)6-4-11(13)17/h10H,3-9H2,1-2H3,(H2,13,17). The molecule has 0 aromatic heterocycles. The van der Waals surface area contributed by atoms with Gasteiger partial charge in [-0.1, -0.05) is 19.1 Å². The predicted molar refractivity (Wildman–Crippen MR) is 73.9 cm³/mol. The van der Waals surface area contributed by atoms with E-state index in [0.717, 1.165) is 25.6 Å². The quantitative estimate of drug-likeness (QED) is 0.717. The van der Waals surface area contributed by atoms with Gasteiger partial charge < -0.3 is 15.5 Å². The van der Waals surface area contributed by atoms with E-state index >= 15 is 0 Å². The second-order valence-electron chi connectivity index (χ2n) is 4.98. The van der Waals surface area contributed by atoms with Crippen LogP contribution in [-0.2, 0) is 4.79 Å². The van der Waals surface area contributed by atoms with E-state index in [0.29, 0.717) is 24.4 Å². The average molecular weight is 257 g/mol. The molecule has 0 radical (unpaired) electrons. The van der Waals surface area contributed by atoms with Gasteiger partial charge in [0.15, 0.2) is 0 Å². The Balaban J connectivity index is 2.17. The maximum atomic E-state index is 11.8. The van der Waals surface area contributed by atoms with Gasteiger partial charge in [0.05, 0.1) is 4.99 Å². The fourth-order valence-corrected chi connectivity index (χ4v) is 2.17. The molecule has 1 fully saturated rings. The average Bonchev–Trinajstić information content (AvgIpc) is 2.68. The minimum atomic E-state index is 0.181. The van der Waals surface area contributed by atoms with Crippen LogP contribution in [-0.4, -0.2) is 53.9 Å². The van der Waals surface area contributed by atoms with Crippen molar-refractivity contribution < 1.29 is 4.79 Å². The van der Waals surface area contributed by atoms with Crippen LogP contribution in [0.4, 0.5) is 0 Å². The molecule has 1 amide bonds. The van der Waals surface area contributed by atoms with E-state index in [1.165, 1.54) is 6.42 Å². The van der Waals surface area contributed by atoms with Gasteiger partial charge in [-0.2, -0.15) is 0 Å². The second kappa shape index (κ2) is 6.91. The van der Waals surface area contributed by atoms with Gasteiger partial charge >= 0.3 is 0 Å². The topological polar surface area (TPSA) is 49.6 Å². The molecule has 1 heterocycles. The third kappa shape index (κ3) is 5.46. The van der Waals surface area contributed by atoms with Crippen molar-refractivity contribution in [3.8, 4) is 0 Å². The van der Waals surface area contributed by atoms with Crippen molar-refractivity contribution in [2.45, 2.75) is 26.2 Å². The van der Waals surface area contributed by atoms with Crippen molar-refractivity contribution in [1.82, 2.24) is 9.80 Å². The lowest BCUT2D eigenvalue weighted by atomic mass is 10.2. The van der Waals surface area contributed by atoms with Crippen molar-refractivity contribution in [2.24, 2.45) is 11.7 Å². The second-order valence-corrected chi connectivity index (χ2v) is 5.50. The number of nitrogens with zero attached hydrogens (tertiary/aromatic N) is 2. The first-order chi connectivity index (χ1) is 7.99. The highest BCUT2D eigenvalue weighted by atomic mass is 32.1. The summed E-state index contributed by atoms with van der Waals surface area (Å²) in [6.07, 6.45) is 2.46. The largest absolute Gasteiger partial charge is 0.393 e. The monoisotopic (exact) mass is 257 g/mol. The summed E-state index contributed by atoms with van der Waals surface area (Å²) >= 11 is 4.80. The third-order valence-corrected chi connectivity index (χ3v) is 3.47. The fraction of sp³-hybridized carbons (Fsp3) is 0.833. The van der Waals surface area contributed by atoms with Gasteiger partial charge in [-0.3, -0.25) is 4.79 Å². The Hall–Kier alpha value is -0.680. The summed E-state index contributed by atoms with van der Waals surface area (Å²) in [6, 6.07) is 0. The summed E-state index contributed by atoms with van der Waals surface area (Å²) < 4.78 is 0. The van der Waals surface area contributed by atoms with E-state index in [9.17, 15) is 4.79 Å². The van der Waals surface area contributed by atoms with Crippen LogP contribution in [0.25, 0.3) is 0 Å². The van der Waals surface area contributed by atoms with Crippen molar-refractivity contribution in [1.29, 1.82) is 0 Å². The number of amides is 1. The maximum absolute atomic E-state index is 11.8. The Morgan fingerprint density at radius 3 is 2.76 bits per heavy atom. The van der Waals surface area contributed by atoms with E-state index < -0.39 is 0 Å². The predicted octanol–water partition coefficient (Wildman–Crippen LogP) is 0.853. The molecule has 1 rings (SSSR count). The van der Waals surface area contributed by atoms with Gasteiger partial charge in [0.25, 0.3) is 0 Å². The zero-order chi connectivity index (χ0) is 12.8. The van der Waals surface area contributed by atoms with Gasteiger partial charge in [0, 0.05) is 39.5 Å². The number of carbonyl (C=O) groups is 1.